The van der Waals surface area contributed by atoms with E-state index in [1.54, 1.807) is 7.11 Å². The fraction of sp³-hybridized carbons (Fsp3) is 0.407. The molecule has 0 spiro atoms. The average molecular weight is 502 g/mol. The molecule has 3 heterocycles. The van der Waals surface area contributed by atoms with Gasteiger partial charge in [0, 0.05) is 26.1 Å². The van der Waals surface area contributed by atoms with Gasteiger partial charge in [0.2, 0.25) is 0 Å². The fourth-order valence-corrected chi connectivity index (χ4v) is 4.91. The minimum Gasteiger partial charge on any atom is -0.461 e. The van der Waals surface area contributed by atoms with Crippen molar-refractivity contribution in [2.24, 2.45) is 11.8 Å². The summed E-state index contributed by atoms with van der Waals surface area (Å²) in [5.74, 6) is -0.494. The molecule has 1 aliphatic heterocycles. The van der Waals surface area contributed by atoms with Crippen LogP contribution in [0.4, 0.5) is 5.82 Å². The Kier molecular flexibility index (Phi) is 7.35. The van der Waals surface area contributed by atoms with Gasteiger partial charge in [0.15, 0.2) is 11.5 Å². The Bertz CT molecular complexity index is 1410. The van der Waals surface area contributed by atoms with Crippen LogP contribution in [0, 0.1) is 23.2 Å². The zero-order chi connectivity index (χ0) is 25.8. The van der Waals surface area contributed by atoms with Gasteiger partial charge < -0.3 is 20.2 Å². The molecule has 0 bridgehead atoms. The molecular weight excluding hydrogens is 470 g/mol. The SMILES string of the molecule is COCCOc1nc(N)c2[nH]c(=O)n(C[C@H]3C=CC(c4ccc(CN5CCCC5)cc4)=CC3C#N)c2n1. The lowest BCUT2D eigenvalue weighted by Crippen LogP contribution is -2.25. The molecule has 3 aromatic rings. The molecule has 1 aliphatic carbocycles. The number of benzene rings is 1. The summed E-state index contributed by atoms with van der Waals surface area (Å²) in [7, 11) is 1.57. The van der Waals surface area contributed by atoms with Gasteiger partial charge in [0.1, 0.15) is 12.1 Å². The van der Waals surface area contributed by atoms with E-state index in [1.807, 2.05) is 18.2 Å². The lowest BCUT2D eigenvalue weighted by Gasteiger charge is -2.22. The number of nitriles is 1. The Labute approximate surface area is 215 Å². The maximum absolute atomic E-state index is 12.8. The largest absolute Gasteiger partial charge is 0.461 e. The Hall–Kier alpha value is -3.94. The molecule has 37 heavy (non-hydrogen) atoms. The number of allylic oxidation sites excluding steroid dienone is 4. The van der Waals surface area contributed by atoms with Crippen LogP contribution in [-0.4, -0.2) is 57.8 Å². The average Bonchev–Trinajstić information content (AvgIpc) is 3.53. The molecule has 2 aliphatic rings. The number of methoxy groups -OCH3 is 1. The summed E-state index contributed by atoms with van der Waals surface area (Å²) < 4.78 is 12.0. The second kappa shape index (κ2) is 11.0. The van der Waals surface area contributed by atoms with E-state index in [1.165, 1.54) is 36.1 Å². The van der Waals surface area contributed by atoms with Gasteiger partial charge >= 0.3 is 11.7 Å². The number of hydrogen-bond donors (Lipinski definition) is 2. The number of anilines is 1. The van der Waals surface area contributed by atoms with E-state index in [2.05, 4.69) is 50.2 Å². The van der Waals surface area contributed by atoms with Gasteiger partial charge in [-0.1, -0.05) is 42.5 Å². The van der Waals surface area contributed by atoms with Crippen molar-refractivity contribution in [2.45, 2.75) is 25.9 Å². The maximum Gasteiger partial charge on any atom is 0.327 e. The highest BCUT2D eigenvalue weighted by atomic mass is 16.5. The number of likely N-dealkylation sites (tertiary alicyclic amines) is 1. The van der Waals surface area contributed by atoms with Crippen molar-refractivity contribution in [3.63, 3.8) is 0 Å². The molecule has 1 unspecified atom stereocenters. The molecule has 2 aromatic heterocycles. The van der Waals surface area contributed by atoms with E-state index in [4.69, 9.17) is 15.2 Å². The van der Waals surface area contributed by atoms with Crippen molar-refractivity contribution in [3.8, 4) is 12.1 Å². The number of imidazole rings is 1. The zero-order valence-corrected chi connectivity index (χ0v) is 20.9. The van der Waals surface area contributed by atoms with E-state index < -0.39 is 5.92 Å². The summed E-state index contributed by atoms with van der Waals surface area (Å²) in [4.78, 5) is 26.5. The van der Waals surface area contributed by atoms with Gasteiger partial charge in [-0.05, 0) is 42.6 Å². The number of nitrogen functional groups attached to an aromatic ring is 1. The molecule has 1 aromatic carbocycles. The van der Waals surface area contributed by atoms with Crippen molar-refractivity contribution in [3.05, 3.63) is 64.1 Å². The van der Waals surface area contributed by atoms with Crippen LogP contribution in [-0.2, 0) is 17.8 Å². The summed E-state index contributed by atoms with van der Waals surface area (Å²) in [6.07, 6.45) is 8.55. The highest BCUT2D eigenvalue weighted by Crippen LogP contribution is 2.30. The second-order valence-electron chi connectivity index (χ2n) is 9.45. The van der Waals surface area contributed by atoms with Crippen LogP contribution in [0.15, 0.2) is 47.3 Å². The first-order valence-electron chi connectivity index (χ1n) is 12.5. The number of ether oxygens (including phenoxy) is 2. The zero-order valence-electron chi connectivity index (χ0n) is 20.9. The maximum atomic E-state index is 12.8. The number of hydrogen-bond acceptors (Lipinski definition) is 8. The quantitative estimate of drug-likeness (QED) is 0.427. The molecule has 0 saturated carbocycles. The first kappa shape index (κ1) is 24.7. The first-order valence-corrected chi connectivity index (χ1v) is 12.5. The van der Waals surface area contributed by atoms with Crippen LogP contribution in [0.5, 0.6) is 6.01 Å². The lowest BCUT2D eigenvalue weighted by molar-refractivity contribution is 0.141. The Balaban J connectivity index is 1.33. The van der Waals surface area contributed by atoms with Crippen LogP contribution < -0.4 is 16.2 Å². The molecule has 2 atom stereocenters. The van der Waals surface area contributed by atoms with Gasteiger partial charge in [-0.2, -0.15) is 15.2 Å². The number of aromatic nitrogens is 4. The molecule has 192 valence electrons. The van der Waals surface area contributed by atoms with Crippen molar-refractivity contribution in [1.82, 2.24) is 24.4 Å². The molecule has 5 rings (SSSR count). The van der Waals surface area contributed by atoms with Gasteiger partial charge in [-0.25, -0.2) is 4.79 Å². The third-order valence-electron chi connectivity index (χ3n) is 6.93. The third-order valence-corrected chi connectivity index (χ3v) is 6.93. The fourth-order valence-electron chi connectivity index (χ4n) is 4.91. The highest BCUT2D eigenvalue weighted by Gasteiger charge is 2.25. The predicted molar refractivity (Wildman–Crippen MR) is 141 cm³/mol. The van der Waals surface area contributed by atoms with Gasteiger partial charge in [-0.3, -0.25) is 9.47 Å². The van der Waals surface area contributed by atoms with Crippen LogP contribution in [0.25, 0.3) is 16.7 Å². The molecule has 0 amide bonds. The lowest BCUT2D eigenvalue weighted by atomic mass is 9.84. The topological polar surface area (TPSA) is 135 Å². The number of fused-ring (bicyclic) bond motifs is 1. The summed E-state index contributed by atoms with van der Waals surface area (Å²) >= 11 is 0. The summed E-state index contributed by atoms with van der Waals surface area (Å²) in [6.45, 7) is 4.20. The standard InChI is InChI=1S/C27H31N7O3/c1-36-12-13-37-26-31-24(29)23-25(32-26)34(27(35)30-23)17-21-9-8-20(14-22(21)15-28)19-6-4-18(5-7-19)16-33-10-2-3-11-33/h4-9,14,21-22H,2-3,10-13,16-17H2,1H3,(H,30,35)(H2,29,31,32)/t21-,22?/m1/s1. The first-order chi connectivity index (χ1) is 18.1. The number of aromatic amines is 1. The molecule has 10 heteroatoms. The molecule has 1 saturated heterocycles. The molecule has 3 N–H and O–H groups in total. The molecule has 10 nitrogen and oxygen atoms in total. The van der Waals surface area contributed by atoms with E-state index in [0.717, 1.165) is 17.7 Å². The Morgan fingerprint density at radius 1 is 1.19 bits per heavy atom. The van der Waals surface area contributed by atoms with Crippen molar-refractivity contribution in [2.75, 3.05) is 39.1 Å². The normalized spacial score (nSPS) is 19.7. The third kappa shape index (κ3) is 5.43. The second-order valence-corrected chi connectivity index (χ2v) is 9.45. The van der Waals surface area contributed by atoms with Crippen molar-refractivity contribution >= 4 is 22.6 Å². The van der Waals surface area contributed by atoms with Gasteiger partial charge in [-0.15, -0.1) is 0 Å². The van der Waals surface area contributed by atoms with E-state index in [0.29, 0.717) is 17.8 Å². The summed E-state index contributed by atoms with van der Waals surface area (Å²) in [6, 6.07) is 11.0. The molecular formula is C27H31N7O3. The van der Waals surface area contributed by atoms with Crippen LogP contribution in [0.2, 0.25) is 0 Å². The number of nitrogens with one attached hydrogen (secondary N) is 1. The van der Waals surface area contributed by atoms with E-state index >= 15 is 0 Å². The minimum absolute atomic E-state index is 0.0705. The van der Waals surface area contributed by atoms with Crippen LogP contribution in [0.1, 0.15) is 24.0 Å². The molecule has 1 fully saturated rings. The predicted octanol–water partition coefficient (Wildman–Crippen LogP) is 2.73. The van der Waals surface area contributed by atoms with Crippen molar-refractivity contribution in [1.29, 1.82) is 5.26 Å². The Morgan fingerprint density at radius 3 is 2.70 bits per heavy atom. The summed E-state index contributed by atoms with van der Waals surface area (Å²) in [5, 5.41) is 9.94. The van der Waals surface area contributed by atoms with Crippen molar-refractivity contribution < 1.29 is 9.47 Å². The minimum atomic E-state index is -0.405. The van der Waals surface area contributed by atoms with E-state index in [-0.39, 0.29) is 36.6 Å². The number of nitrogens with two attached hydrogens (primary N) is 1. The smallest absolute Gasteiger partial charge is 0.327 e. The monoisotopic (exact) mass is 501 g/mol. The number of rotatable bonds is 9. The van der Waals surface area contributed by atoms with Crippen LogP contribution in [0.3, 0.4) is 0 Å². The Morgan fingerprint density at radius 2 is 1.97 bits per heavy atom. The van der Waals surface area contributed by atoms with E-state index in [9.17, 15) is 10.1 Å². The highest BCUT2D eigenvalue weighted by molar-refractivity contribution is 5.82. The van der Waals surface area contributed by atoms with Gasteiger partial charge in [0.25, 0.3) is 0 Å². The van der Waals surface area contributed by atoms with Crippen LogP contribution >= 0.6 is 0 Å². The number of nitrogens with zero attached hydrogens (tertiary/aromatic N) is 5. The molecule has 0 radical (unpaired) electrons. The summed E-state index contributed by atoms with van der Waals surface area (Å²) in [5.41, 5.74) is 9.75. The van der Waals surface area contributed by atoms with Gasteiger partial charge in [0.05, 0.1) is 18.6 Å². The number of H-pyrrole nitrogens is 1.